The van der Waals surface area contributed by atoms with E-state index in [0.29, 0.717) is 12.0 Å². The fraction of sp³-hybridized carbons (Fsp3) is 0.185. The van der Waals surface area contributed by atoms with Crippen LogP contribution < -0.4 is 0 Å². The fourth-order valence-corrected chi connectivity index (χ4v) is 3.74. The quantitative estimate of drug-likeness (QED) is 0.470. The second-order valence-electron chi connectivity index (χ2n) is 7.31. The van der Waals surface area contributed by atoms with Crippen LogP contribution in [0.4, 0.5) is 0 Å². The second-order valence-corrected chi connectivity index (χ2v) is 7.31. The standard InChI is InChI=1S/C27H26N2/c1-6-21-13-14-22(23(15-21)17-28)16-27(29-5)26-12-8-11-25(20(26)4)24-10-7-9-18(2)19(24)3/h6-15H,1,16H2,2-5H3/b29-27+. The van der Waals surface area contributed by atoms with E-state index < -0.39 is 0 Å². The average Bonchev–Trinajstić information content (AvgIpc) is 2.74. The van der Waals surface area contributed by atoms with Crippen LogP contribution in [-0.4, -0.2) is 12.8 Å². The SMILES string of the molecule is C=Cc1ccc(C/C(=N\C)c2cccc(-c3cccc(C)c3C)c2C)c(C#N)c1. The molecule has 2 nitrogen and oxygen atoms in total. The molecular weight excluding hydrogens is 352 g/mol. The highest BCUT2D eigenvalue weighted by atomic mass is 14.7. The molecule has 2 heteroatoms. The first-order valence-electron chi connectivity index (χ1n) is 9.77. The fourth-order valence-electron chi connectivity index (χ4n) is 3.74. The van der Waals surface area contributed by atoms with E-state index in [4.69, 9.17) is 0 Å². The van der Waals surface area contributed by atoms with Gasteiger partial charge in [0.15, 0.2) is 0 Å². The lowest BCUT2D eigenvalue weighted by Gasteiger charge is -2.16. The van der Waals surface area contributed by atoms with Crippen molar-refractivity contribution in [2.24, 2.45) is 4.99 Å². The Balaban J connectivity index is 2.05. The van der Waals surface area contributed by atoms with E-state index in [1.807, 2.05) is 25.2 Å². The molecule has 0 radical (unpaired) electrons. The highest BCUT2D eigenvalue weighted by Crippen LogP contribution is 2.30. The number of hydrogen-bond donors (Lipinski definition) is 0. The van der Waals surface area contributed by atoms with E-state index in [-0.39, 0.29) is 0 Å². The van der Waals surface area contributed by atoms with Crippen LogP contribution in [0, 0.1) is 32.1 Å². The number of rotatable bonds is 5. The molecule has 0 unspecified atom stereocenters. The van der Waals surface area contributed by atoms with E-state index in [0.717, 1.165) is 22.4 Å². The number of nitrogens with zero attached hydrogens (tertiary/aromatic N) is 2. The van der Waals surface area contributed by atoms with Crippen molar-refractivity contribution in [3.05, 3.63) is 100 Å². The molecule has 0 heterocycles. The molecule has 3 aromatic carbocycles. The van der Waals surface area contributed by atoms with Gasteiger partial charge in [-0.1, -0.05) is 61.2 Å². The molecule has 29 heavy (non-hydrogen) atoms. The number of benzene rings is 3. The van der Waals surface area contributed by atoms with Gasteiger partial charge in [0, 0.05) is 19.2 Å². The van der Waals surface area contributed by atoms with E-state index in [2.05, 4.69) is 74.8 Å². The maximum absolute atomic E-state index is 9.57. The number of aliphatic imine (C=N–C) groups is 1. The largest absolute Gasteiger partial charge is 0.292 e. The van der Waals surface area contributed by atoms with Crippen LogP contribution in [0.25, 0.3) is 17.2 Å². The molecule has 0 saturated carbocycles. The van der Waals surface area contributed by atoms with Gasteiger partial charge < -0.3 is 0 Å². The van der Waals surface area contributed by atoms with E-state index >= 15 is 0 Å². The topological polar surface area (TPSA) is 36.1 Å². The van der Waals surface area contributed by atoms with Gasteiger partial charge in [-0.25, -0.2) is 0 Å². The summed E-state index contributed by atoms with van der Waals surface area (Å²) in [4.78, 5) is 4.59. The van der Waals surface area contributed by atoms with E-state index in [1.165, 1.54) is 27.8 Å². The summed E-state index contributed by atoms with van der Waals surface area (Å²) in [7, 11) is 1.82. The zero-order valence-corrected chi connectivity index (χ0v) is 17.6. The smallest absolute Gasteiger partial charge is 0.0994 e. The molecule has 0 bridgehead atoms. The molecule has 0 aliphatic rings. The van der Waals surface area contributed by atoms with Crippen LogP contribution in [0.3, 0.4) is 0 Å². The van der Waals surface area contributed by atoms with Gasteiger partial charge in [0.1, 0.15) is 0 Å². The summed E-state index contributed by atoms with van der Waals surface area (Å²) in [5.41, 5.74) is 11.0. The first-order chi connectivity index (χ1) is 14.0. The molecule has 0 atom stereocenters. The Bertz CT molecular complexity index is 1140. The normalized spacial score (nSPS) is 11.2. The highest BCUT2D eigenvalue weighted by Gasteiger charge is 2.15. The third kappa shape index (κ3) is 4.05. The van der Waals surface area contributed by atoms with Gasteiger partial charge in [0.25, 0.3) is 0 Å². The minimum absolute atomic E-state index is 0.619. The Morgan fingerprint density at radius 3 is 2.34 bits per heavy atom. The highest BCUT2D eigenvalue weighted by molar-refractivity contribution is 6.04. The molecule has 0 N–H and O–H groups in total. The van der Waals surface area contributed by atoms with Crippen LogP contribution in [0.5, 0.6) is 0 Å². The number of aryl methyl sites for hydroxylation is 1. The first kappa shape index (κ1) is 20.3. The van der Waals surface area contributed by atoms with Gasteiger partial charge in [-0.15, -0.1) is 0 Å². The Morgan fingerprint density at radius 2 is 1.69 bits per heavy atom. The van der Waals surface area contributed by atoms with Gasteiger partial charge in [0.05, 0.1) is 11.6 Å². The maximum Gasteiger partial charge on any atom is 0.0994 e. The summed E-state index contributed by atoms with van der Waals surface area (Å²) >= 11 is 0. The molecule has 0 saturated heterocycles. The third-order valence-corrected chi connectivity index (χ3v) is 5.66. The van der Waals surface area contributed by atoms with Crippen LogP contribution >= 0.6 is 0 Å². The van der Waals surface area contributed by atoms with Gasteiger partial charge in [0.2, 0.25) is 0 Å². The number of hydrogen-bond acceptors (Lipinski definition) is 2. The summed E-state index contributed by atoms with van der Waals surface area (Å²) in [6.45, 7) is 10.3. The number of nitriles is 1. The minimum atomic E-state index is 0.619. The Kier molecular flexibility index (Phi) is 6.10. The molecule has 3 rings (SSSR count). The summed E-state index contributed by atoms with van der Waals surface area (Å²) in [6.07, 6.45) is 2.38. The lowest BCUT2D eigenvalue weighted by atomic mass is 9.88. The molecular formula is C27H26N2. The summed E-state index contributed by atoms with van der Waals surface area (Å²) in [6, 6.07) is 21.0. The van der Waals surface area contributed by atoms with Crippen molar-refractivity contribution in [1.82, 2.24) is 0 Å². The van der Waals surface area contributed by atoms with Crippen LogP contribution in [0.1, 0.15) is 38.9 Å². The summed E-state index contributed by atoms with van der Waals surface area (Å²) in [5.74, 6) is 0. The summed E-state index contributed by atoms with van der Waals surface area (Å²) < 4.78 is 0. The van der Waals surface area contributed by atoms with Gasteiger partial charge in [-0.05, 0) is 71.3 Å². The third-order valence-electron chi connectivity index (χ3n) is 5.66. The Morgan fingerprint density at radius 1 is 1.00 bits per heavy atom. The lowest BCUT2D eigenvalue weighted by Crippen LogP contribution is -2.09. The van der Waals surface area contributed by atoms with Crippen molar-refractivity contribution in [1.29, 1.82) is 5.26 Å². The van der Waals surface area contributed by atoms with Crippen molar-refractivity contribution in [3.63, 3.8) is 0 Å². The van der Waals surface area contributed by atoms with E-state index in [9.17, 15) is 5.26 Å². The average molecular weight is 379 g/mol. The molecule has 0 aliphatic heterocycles. The van der Waals surface area contributed by atoms with Gasteiger partial charge in [-0.2, -0.15) is 5.26 Å². The second kappa shape index (κ2) is 8.71. The van der Waals surface area contributed by atoms with Crippen molar-refractivity contribution in [2.45, 2.75) is 27.2 Å². The Labute approximate surface area is 173 Å². The predicted octanol–water partition coefficient (Wildman–Crippen LogP) is 6.46. The lowest BCUT2D eigenvalue weighted by molar-refractivity contribution is 1.24. The minimum Gasteiger partial charge on any atom is -0.292 e. The molecule has 0 fully saturated rings. The summed E-state index contributed by atoms with van der Waals surface area (Å²) in [5, 5.41) is 9.57. The van der Waals surface area contributed by atoms with Gasteiger partial charge >= 0.3 is 0 Å². The molecule has 0 amide bonds. The first-order valence-corrected chi connectivity index (χ1v) is 9.77. The molecule has 144 valence electrons. The zero-order chi connectivity index (χ0) is 21.0. The molecule has 0 aromatic heterocycles. The van der Waals surface area contributed by atoms with Crippen LogP contribution in [-0.2, 0) is 6.42 Å². The van der Waals surface area contributed by atoms with Crippen molar-refractivity contribution in [2.75, 3.05) is 7.05 Å². The van der Waals surface area contributed by atoms with Crippen LogP contribution in [0.2, 0.25) is 0 Å². The Hall–Kier alpha value is -3.44. The van der Waals surface area contributed by atoms with Crippen LogP contribution in [0.15, 0.2) is 66.2 Å². The zero-order valence-electron chi connectivity index (χ0n) is 17.6. The van der Waals surface area contributed by atoms with E-state index in [1.54, 1.807) is 6.08 Å². The monoisotopic (exact) mass is 378 g/mol. The van der Waals surface area contributed by atoms with Crippen molar-refractivity contribution in [3.8, 4) is 17.2 Å². The van der Waals surface area contributed by atoms with Gasteiger partial charge in [-0.3, -0.25) is 4.99 Å². The maximum atomic E-state index is 9.57. The molecule has 0 spiro atoms. The molecule has 3 aromatic rings. The predicted molar refractivity (Wildman–Crippen MR) is 124 cm³/mol. The molecule has 0 aliphatic carbocycles. The van der Waals surface area contributed by atoms with Crippen molar-refractivity contribution >= 4 is 11.8 Å². The van der Waals surface area contributed by atoms with Crippen molar-refractivity contribution < 1.29 is 0 Å².